The van der Waals surface area contributed by atoms with Crippen molar-refractivity contribution >= 4 is 7.85 Å². The molecule has 0 amide bonds. The molecule has 0 N–H and O–H groups in total. The Hall–Kier alpha value is 0.0649. The number of hydrogen-bond acceptors (Lipinski definition) is 0. The van der Waals surface area contributed by atoms with Gasteiger partial charge < -0.3 is 0 Å². The Morgan fingerprint density at radius 1 is 1.10 bits per heavy atom. The molecular weight excluding hydrogens is 119 g/mol. The van der Waals surface area contributed by atoms with Crippen LogP contribution >= 0.6 is 0 Å². The van der Waals surface area contributed by atoms with E-state index < -0.39 is 0 Å². The van der Waals surface area contributed by atoms with Crippen molar-refractivity contribution in [2.45, 2.75) is 51.3 Å². The molecule has 0 atom stereocenters. The standard InChI is InChI=1S/C9H17B/c1-9(2,10)8-6-4-3-5-7-8/h8H,3-7H2,1-2H3. The Kier molecular flexibility index (Phi) is 2.43. The van der Waals surface area contributed by atoms with Crippen LogP contribution in [0.2, 0.25) is 5.31 Å². The minimum atomic E-state index is 0.0699. The second kappa shape index (κ2) is 2.98. The SMILES string of the molecule is [B]C(C)(C)C1CCCCC1. The lowest BCUT2D eigenvalue weighted by Gasteiger charge is -2.34. The van der Waals surface area contributed by atoms with E-state index in [9.17, 15) is 0 Å². The first-order chi connectivity index (χ1) is 4.61. The van der Waals surface area contributed by atoms with E-state index in [0.717, 1.165) is 5.92 Å². The van der Waals surface area contributed by atoms with E-state index in [1.54, 1.807) is 0 Å². The topological polar surface area (TPSA) is 0 Å². The second-order valence-electron chi connectivity index (χ2n) is 4.16. The summed E-state index contributed by atoms with van der Waals surface area (Å²) >= 11 is 0. The van der Waals surface area contributed by atoms with E-state index in [1.807, 2.05) is 0 Å². The molecule has 10 heavy (non-hydrogen) atoms. The van der Waals surface area contributed by atoms with E-state index in [1.165, 1.54) is 32.1 Å². The molecule has 0 unspecified atom stereocenters. The smallest absolute Gasteiger partial charge is 0.0688 e. The maximum Gasteiger partial charge on any atom is 0.0742 e. The van der Waals surface area contributed by atoms with E-state index in [2.05, 4.69) is 13.8 Å². The van der Waals surface area contributed by atoms with Gasteiger partial charge in [0.1, 0.15) is 0 Å². The first kappa shape index (κ1) is 8.16. The van der Waals surface area contributed by atoms with Gasteiger partial charge in [-0.05, 0) is 5.92 Å². The summed E-state index contributed by atoms with van der Waals surface area (Å²) in [5.74, 6) is 0.779. The summed E-state index contributed by atoms with van der Waals surface area (Å²) in [6.07, 6.45) is 6.91. The molecule has 1 heteroatoms. The predicted molar refractivity (Wildman–Crippen MR) is 46.4 cm³/mol. The first-order valence-corrected chi connectivity index (χ1v) is 4.39. The van der Waals surface area contributed by atoms with Gasteiger partial charge in [0, 0.05) is 0 Å². The van der Waals surface area contributed by atoms with Crippen molar-refractivity contribution in [1.82, 2.24) is 0 Å². The molecule has 0 bridgehead atoms. The molecule has 0 spiro atoms. The molecule has 2 radical (unpaired) electrons. The molecule has 0 nitrogen and oxygen atoms in total. The summed E-state index contributed by atoms with van der Waals surface area (Å²) < 4.78 is 0. The van der Waals surface area contributed by atoms with Crippen LogP contribution in [0.4, 0.5) is 0 Å². The Balaban J connectivity index is 2.39. The summed E-state index contributed by atoms with van der Waals surface area (Å²) in [6, 6.07) is 0. The lowest BCUT2D eigenvalue weighted by atomic mass is 9.59. The maximum atomic E-state index is 6.01. The fourth-order valence-electron chi connectivity index (χ4n) is 1.85. The quantitative estimate of drug-likeness (QED) is 0.486. The van der Waals surface area contributed by atoms with Crippen molar-refractivity contribution < 1.29 is 0 Å². The Labute approximate surface area is 65.8 Å². The molecule has 0 aromatic carbocycles. The largest absolute Gasteiger partial charge is 0.0742 e. The van der Waals surface area contributed by atoms with Crippen LogP contribution in [0.1, 0.15) is 46.0 Å². The zero-order chi connectivity index (χ0) is 7.61. The zero-order valence-electron chi connectivity index (χ0n) is 7.19. The minimum absolute atomic E-state index is 0.0699. The molecule has 1 aliphatic rings. The molecule has 1 saturated carbocycles. The van der Waals surface area contributed by atoms with Gasteiger partial charge in [0.15, 0.2) is 0 Å². The molecule has 1 fully saturated rings. The fraction of sp³-hybridized carbons (Fsp3) is 1.00. The second-order valence-corrected chi connectivity index (χ2v) is 4.16. The highest BCUT2D eigenvalue weighted by atomic mass is 14.3. The number of rotatable bonds is 1. The normalized spacial score (nSPS) is 23.0. The molecule has 1 rings (SSSR count). The van der Waals surface area contributed by atoms with Crippen LogP contribution in [0.15, 0.2) is 0 Å². The van der Waals surface area contributed by atoms with Gasteiger partial charge in [0.2, 0.25) is 0 Å². The van der Waals surface area contributed by atoms with Gasteiger partial charge in [0.25, 0.3) is 0 Å². The minimum Gasteiger partial charge on any atom is -0.0688 e. The van der Waals surface area contributed by atoms with Gasteiger partial charge in [-0.3, -0.25) is 0 Å². The molecule has 0 aromatic rings. The van der Waals surface area contributed by atoms with E-state index in [-0.39, 0.29) is 5.31 Å². The molecule has 0 aromatic heterocycles. The van der Waals surface area contributed by atoms with Crippen molar-refractivity contribution in [3.8, 4) is 0 Å². The predicted octanol–water partition coefficient (Wildman–Crippen LogP) is 2.93. The van der Waals surface area contributed by atoms with Gasteiger partial charge in [-0.1, -0.05) is 51.3 Å². The van der Waals surface area contributed by atoms with Gasteiger partial charge >= 0.3 is 0 Å². The van der Waals surface area contributed by atoms with E-state index in [0.29, 0.717) is 0 Å². The van der Waals surface area contributed by atoms with Crippen LogP contribution in [-0.2, 0) is 0 Å². The summed E-state index contributed by atoms with van der Waals surface area (Å²) in [6.45, 7) is 4.31. The van der Waals surface area contributed by atoms with Crippen molar-refractivity contribution in [3.63, 3.8) is 0 Å². The Morgan fingerprint density at radius 3 is 1.90 bits per heavy atom. The van der Waals surface area contributed by atoms with Crippen molar-refractivity contribution in [3.05, 3.63) is 0 Å². The zero-order valence-corrected chi connectivity index (χ0v) is 7.19. The van der Waals surface area contributed by atoms with E-state index >= 15 is 0 Å². The van der Waals surface area contributed by atoms with Gasteiger partial charge in [-0.25, -0.2) is 0 Å². The summed E-state index contributed by atoms with van der Waals surface area (Å²) in [5, 5.41) is 0.0699. The lowest BCUT2D eigenvalue weighted by Crippen LogP contribution is -2.19. The van der Waals surface area contributed by atoms with Gasteiger partial charge in [0.05, 0.1) is 7.85 Å². The molecule has 0 saturated heterocycles. The van der Waals surface area contributed by atoms with Crippen molar-refractivity contribution in [2.75, 3.05) is 0 Å². The Morgan fingerprint density at radius 2 is 1.60 bits per heavy atom. The molecule has 0 aliphatic heterocycles. The molecule has 1 aliphatic carbocycles. The van der Waals surface area contributed by atoms with Crippen LogP contribution < -0.4 is 0 Å². The van der Waals surface area contributed by atoms with Crippen LogP contribution in [0.25, 0.3) is 0 Å². The highest BCUT2D eigenvalue weighted by molar-refractivity contribution is 6.14. The summed E-state index contributed by atoms with van der Waals surface area (Å²) in [4.78, 5) is 0. The summed E-state index contributed by atoms with van der Waals surface area (Å²) in [5.41, 5.74) is 0. The first-order valence-electron chi connectivity index (χ1n) is 4.39. The highest BCUT2D eigenvalue weighted by Crippen LogP contribution is 2.40. The molecular formula is C9H17B. The van der Waals surface area contributed by atoms with Crippen LogP contribution in [-0.4, -0.2) is 7.85 Å². The third kappa shape index (κ3) is 2.03. The average molecular weight is 136 g/mol. The summed E-state index contributed by atoms with van der Waals surface area (Å²) in [7, 11) is 6.01. The van der Waals surface area contributed by atoms with Crippen molar-refractivity contribution in [2.24, 2.45) is 5.92 Å². The monoisotopic (exact) mass is 136 g/mol. The third-order valence-electron chi connectivity index (χ3n) is 2.66. The molecule has 0 heterocycles. The fourth-order valence-corrected chi connectivity index (χ4v) is 1.85. The lowest BCUT2D eigenvalue weighted by molar-refractivity contribution is 0.292. The third-order valence-corrected chi connectivity index (χ3v) is 2.66. The van der Waals surface area contributed by atoms with Crippen LogP contribution in [0.5, 0.6) is 0 Å². The average Bonchev–Trinajstić information content (AvgIpc) is 1.88. The highest BCUT2D eigenvalue weighted by Gasteiger charge is 2.24. The maximum absolute atomic E-state index is 6.01. The molecule has 56 valence electrons. The van der Waals surface area contributed by atoms with Crippen LogP contribution in [0.3, 0.4) is 0 Å². The van der Waals surface area contributed by atoms with Crippen LogP contribution in [0, 0.1) is 5.92 Å². The van der Waals surface area contributed by atoms with E-state index in [4.69, 9.17) is 7.85 Å². The van der Waals surface area contributed by atoms with Gasteiger partial charge in [-0.15, -0.1) is 0 Å². The number of hydrogen-bond donors (Lipinski definition) is 0. The van der Waals surface area contributed by atoms with Crippen molar-refractivity contribution in [1.29, 1.82) is 0 Å². The van der Waals surface area contributed by atoms with Gasteiger partial charge in [-0.2, -0.15) is 0 Å². The Bertz CT molecular complexity index is 95.8.